The van der Waals surface area contributed by atoms with Crippen LogP contribution in [0.4, 0.5) is 0 Å². The second kappa shape index (κ2) is 6.42. The molecule has 0 amide bonds. The van der Waals surface area contributed by atoms with Crippen LogP contribution in [0.2, 0.25) is 0 Å². The molecule has 6 heteroatoms. The monoisotopic (exact) mass is 295 g/mol. The lowest BCUT2D eigenvalue weighted by atomic mass is 9.93. The summed E-state index contributed by atoms with van der Waals surface area (Å²) in [5, 5.41) is 7.56. The van der Waals surface area contributed by atoms with Gasteiger partial charge in [0.1, 0.15) is 5.60 Å². The molecule has 1 unspecified atom stereocenters. The van der Waals surface area contributed by atoms with Gasteiger partial charge in [-0.1, -0.05) is 5.16 Å². The molecule has 0 aromatic carbocycles. The molecule has 0 bridgehead atoms. The van der Waals surface area contributed by atoms with E-state index in [1.807, 2.05) is 14.0 Å². The zero-order chi connectivity index (χ0) is 14.7. The van der Waals surface area contributed by atoms with Crippen molar-refractivity contribution in [3.05, 3.63) is 11.7 Å². The van der Waals surface area contributed by atoms with E-state index in [2.05, 4.69) is 15.5 Å². The molecule has 1 N–H and O–H groups in total. The molecular weight excluding hydrogens is 270 g/mol. The SMILES string of the molecule is CCOC1(c2noc(CC(NC)C3CC3)n2)CCOCC1. The van der Waals surface area contributed by atoms with Gasteiger partial charge in [0.15, 0.2) is 0 Å². The first-order chi connectivity index (χ1) is 10.3. The third-order valence-electron chi connectivity index (χ3n) is 4.55. The van der Waals surface area contributed by atoms with Gasteiger partial charge in [0, 0.05) is 45.1 Å². The Bertz CT molecular complexity index is 447. The molecule has 21 heavy (non-hydrogen) atoms. The molecule has 1 saturated heterocycles. The highest BCUT2D eigenvalue weighted by Crippen LogP contribution is 2.36. The van der Waals surface area contributed by atoms with Gasteiger partial charge in [-0.3, -0.25) is 0 Å². The number of hydrogen-bond acceptors (Lipinski definition) is 6. The van der Waals surface area contributed by atoms with Crippen LogP contribution in [-0.4, -0.2) is 43.1 Å². The lowest BCUT2D eigenvalue weighted by Crippen LogP contribution is -2.37. The summed E-state index contributed by atoms with van der Waals surface area (Å²) in [6.45, 7) is 4.02. The minimum absolute atomic E-state index is 0.427. The molecule has 1 atom stereocenters. The summed E-state index contributed by atoms with van der Waals surface area (Å²) in [5.74, 6) is 2.16. The van der Waals surface area contributed by atoms with Gasteiger partial charge in [0.25, 0.3) is 0 Å². The Balaban J connectivity index is 1.72. The summed E-state index contributed by atoms with van der Waals surface area (Å²) in [6, 6.07) is 0.441. The molecule has 1 aliphatic carbocycles. The lowest BCUT2D eigenvalue weighted by Gasteiger charge is -2.33. The predicted octanol–water partition coefficient (Wildman–Crippen LogP) is 1.65. The van der Waals surface area contributed by atoms with E-state index in [4.69, 9.17) is 14.0 Å². The molecule has 1 aliphatic heterocycles. The van der Waals surface area contributed by atoms with E-state index in [9.17, 15) is 0 Å². The van der Waals surface area contributed by atoms with E-state index >= 15 is 0 Å². The van der Waals surface area contributed by atoms with Crippen LogP contribution in [0.5, 0.6) is 0 Å². The minimum Gasteiger partial charge on any atom is -0.381 e. The summed E-state index contributed by atoms with van der Waals surface area (Å²) in [4.78, 5) is 4.62. The van der Waals surface area contributed by atoms with Gasteiger partial charge in [0.05, 0.1) is 0 Å². The summed E-state index contributed by atoms with van der Waals surface area (Å²) in [6.07, 6.45) is 4.97. The lowest BCUT2D eigenvalue weighted by molar-refractivity contribution is -0.118. The molecule has 1 saturated carbocycles. The van der Waals surface area contributed by atoms with Crippen LogP contribution in [0.1, 0.15) is 44.3 Å². The summed E-state index contributed by atoms with van der Waals surface area (Å²) in [5.41, 5.74) is -0.427. The van der Waals surface area contributed by atoms with Crippen LogP contribution >= 0.6 is 0 Å². The number of ether oxygens (including phenoxy) is 2. The smallest absolute Gasteiger partial charge is 0.228 e. The zero-order valence-electron chi connectivity index (χ0n) is 12.9. The van der Waals surface area contributed by atoms with Crippen molar-refractivity contribution in [3.8, 4) is 0 Å². The van der Waals surface area contributed by atoms with E-state index in [-0.39, 0.29) is 0 Å². The van der Waals surface area contributed by atoms with E-state index in [0.29, 0.717) is 37.6 Å². The van der Waals surface area contributed by atoms with Gasteiger partial charge in [-0.05, 0) is 32.7 Å². The molecule has 2 heterocycles. The topological polar surface area (TPSA) is 69.4 Å². The predicted molar refractivity (Wildman–Crippen MR) is 76.9 cm³/mol. The normalized spacial score (nSPS) is 23.1. The van der Waals surface area contributed by atoms with Gasteiger partial charge in [0.2, 0.25) is 11.7 Å². The van der Waals surface area contributed by atoms with Gasteiger partial charge >= 0.3 is 0 Å². The number of nitrogens with one attached hydrogen (secondary N) is 1. The quantitative estimate of drug-likeness (QED) is 0.825. The van der Waals surface area contributed by atoms with Crippen LogP contribution in [0.3, 0.4) is 0 Å². The first-order valence-electron chi connectivity index (χ1n) is 7.99. The molecule has 6 nitrogen and oxygen atoms in total. The van der Waals surface area contributed by atoms with Crippen LogP contribution in [0, 0.1) is 5.92 Å². The molecule has 0 spiro atoms. The molecular formula is C15H25N3O3. The Morgan fingerprint density at radius 3 is 2.76 bits per heavy atom. The maximum Gasteiger partial charge on any atom is 0.228 e. The highest BCUT2D eigenvalue weighted by atomic mass is 16.5. The average Bonchev–Trinajstić information content (AvgIpc) is 3.24. The van der Waals surface area contributed by atoms with Gasteiger partial charge in [-0.25, -0.2) is 0 Å². The van der Waals surface area contributed by atoms with Crippen LogP contribution < -0.4 is 5.32 Å². The fraction of sp³-hybridized carbons (Fsp3) is 0.867. The zero-order valence-corrected chi connectivity index (χ0v) is 12.9. The van der Waals surface area contributed by atoms with Crippen molar-refractivity contribution in [3.63, 3.8) is 0 Å². The Labute approximate surface area is 125 Å². The molecule has 1 aromatic heterocycles. The summed E-state index contributed by atoms with van der Waals surface area (Å²) >= 11 is 0. The Kier molecular flexibility index (Phi) is 4.57. The van der Waals surface area contributed by atoms with Crippen LogP contribution in [-0.2, 0) is 21.5 Å². The van der Waals surface area contributed by atoms with Gasteiger partial charge in [-0.2, -0.15) is 4.98 Å². The Hall–Kier alpha value is -0.980. The standard InChI is InChI=1S/C15H25N3O3/c1-3-20-15(6-8-19-9-7-15)14-17-13(21-18-14)10-12(16-2)11-4-5-11/h11-12,16H,3-10H2,1-2H3. The minimum atomic E-state index is -0.427. The maximum atomic E-state index is 5.98. The Morgan fingerprint density at radius 2 is 2.14 bits per heavy atom. The second-order valence-corrected chi connectivity index (χ2v) is 5.99. The van der Waals surface area contributed by atoms with Crippen LogP contribution in [0.15, 0.2) is 4.52 Å². The van der Waals surface area contributed by atoms with Crippen LogP contribution in [0.25, 0.3) is 0 Å². The van der Waals surface area contributed by atoms with E-state index in [1.165, 1.54) is 12.8 Å². The van der Waals surface area contributed by atoms with Crippen molar-refractivity contribution in [2.45, 2.75) is 50.7 Å². The fourth-order valence-electron chi connectivity index (χ4n) is 3.12. The molecule has 2 fully saturated rings. The van der Waals surface area contributed by atoms with Crippen molar-refractivity contribution in [2.24, 2.45) is 5.92 Å². The highest BCUT2D eigenvalue weighted by molar-refractivity contribution is 5.04. The maximum absolute atomic E-state index is 5.98. The third kappa shape index (κ3) is 3.27. The average molecular weight is 295 g/mol. The van der Waals surface area contributed by atoms with Crippen molar-refractivity contribution in [2.75, 3.05) is 26.9 Å². The van der Waals surface area contributed by atoms with Crippen molar-refractivity contribution in [1.29, 1.82) is 0 Å². The van der Waals surface area contributed by atoms with E-state index in [1.54, 1.807) is 0 Å². The number of hydrogen-bond donors (Lipinski definition) is 1. The first kappa shape index (κ1) is 14.9. The molecule has 2 aliphatic rings. The molecule has 1 aromatic rings. The number of rotatable bonds is 7. The number of nitrogens with zero attached hydrogens (tertiary/aromatic N) is 2. The molecule has 0 radical (unpaired) electrons. The van der Waals surface area contributed by atoms with E-state index in [0.717, 1.165) is 25.2 Å². The summed E-state index contributed by atoms with van der Waals surface area (Å²) in [7, 11) is 2.00. The Morgan fingerprint density at radius 1 is 1.38 bits per heavy atom. The molecule has 118 valence electrons. The second-order valence-electron chi connectivity index (χ2n) is 5.99. The first-order valence-corrected chi connectivity index (χ1v) is 7.99. The highest BCUT2D eigenvalue weighted by Gasteiger charge is 2.40. The third-order valence-corrected chi connectivity index (χ3v) is 4.55. The molecule has 3 rings (SSSR count). The van der Waals surface area contributed by atoms with Gasteiger partial charge in [-0.15, -0.1) is 0 Å². The number of likely N-dealkylation sites (N-methyl/N-ethyl adjacent to an activating group) is 1. The van der Waals surface area contributed by atoms with Crippen molar-refractivity contribution >= 4 is 0 Å². The number of aromatic nitrogens is 2. The van der Waals surface area contributed by atoms with Gasteiger partial charge < -0.3 is 19.3 Å². The van der Waals surface area contributed by atoms with E-state index < -0.39 is 5.60 Å². The van der Waals surface area contributed by atoms with Crippen molar-refractivity contribution < 1.29 is 14.0 Å². The largest absolute Gasteiger partial charge is 0.381 e. The summed E-state index contributed by atoms with van der Waals surface area (Å²) < 4.78 is 16.9. The fourth-order valence-corrected chi connectivity index (χ4v) is 3.12. The van der Waals surface area contributed by atoms with Crippen molar-refractivity contribution in [1.82, 2.24) is 15.5 Å².